The number of nitrogens with two attached hydrogens (primary N) is 1. The predicted octanol–water partition coefficient (Wildman–Crippen LogP) is 4.09. The van der Waals surface area contributed by atoms with Crippen molar-refractivity contribution in [3.63, 3.8) is 0 Å². The predicted molar refractivity (Wildman–Crippen MR) is 122 cm³/mol. The summed E-state index contributed by atoms with van der Waals surface area (Å²) in [6, 6.07) is 8.25. The van der Waals surface area contributed by atoms with Gasteiger partial charge in [0.15, 0.2) is 0 Å². The quantitative estimate of drug-likeness (QED) is 0.594. The zero-order chi connectivity index (χ0) is 22.9. The second kappa shape index (κ2) is 11.2. The number of rotatable bonds is 6. The molecule has 0 atom stereocenters. The average molecular weight is 436 g/mol. The highest BCUT2D eigenvalue weighted by Gasteiger charge is 2.23. The van der Waals surface area contributed by atoms with Crippen molar-refractivity contribution in [1.82, 2.24) is 15.0 Å². The molecule has 0 spiro atoms. The normalized spacial score (nSPS) is 17.7. The van der Waals surface area contributed by atoms with Gasteiger partial charge in [-0.2, -0.15) is 9.59 Å². The summed E-state index contributed by atoms with van der Waals surface area (Å²) < 4.78 is 6.35. The van der Waals surface area contributed by atoms with Crippen LogP contribution in [-0.4, -0.2) is 33.2 Å². The van der Waals surface area contributed by atoms with Crippen molar-refractivity contribution < 1.29 is 14.3 Å². The Labute approximate surface area is 187 Å². The summed E-state index contributed by atoms with van der Waals surface area (Å²) in [6.07, 6.45) is 10.5. The minimum Gasteiger partial charge on any atom is -0.490 e. The van der Waals surface area contributed by atoms with Crippen LogP contribution < -0.4 is 15.8 Å². The van der Waals surface area contributed by atoms with Crippen LogP contribution in [0.2, 0.25) is 0 Å². The third-order valence-corrected chi connectivity index (χ3v) is 5.50. The highest BCUT2D eigenvalue weighted by molar-refractivity contribution is 5.95. The van der Waals surface area contributed by atoms with E-state index in [9.17, 15) is 0 Å². The van der Waals surface area contributed by atoms with Gasteiger partial charge in [0.25, 0.3) is 0 Å². The van der Waals surface area contributed by atoms with Crippen LogP contribution in [0.3, 0.4) is 0 Å². The summed E-state index contributed by atoms with van der Waals surface area (Å²) in [4.78, 5) is 29.7. The third-order valence-electron chi connectivity index (χ3n) is 5.50. The van der Waals surface area contributed by atoms with Gasteiger partial charge < -0.3 is 15.8 Å². The van der Waals surface area contributed by atoms with Crippen LogP contribution >= 0.6 is 0 Å². The Balaban J connectivity index is 0.000000913. The van der Waals surface area contributed by atoms with Crippen molar-refractivity contribution in [2.45, 2.75) is 64.5 Å². The van der Waals surface area contributed by atoms with Crippen molar-refractivity contribution in [2.75, 3.05) is 11.1 Å². The topological polar surface area (TPSA) is 120 Å². The number of fused-ring (bicyclic) bond motifs is 1. The Morgan fingerprint density at radius 1 is 1.16 bits per heavy atom. The first-order chi connectivity index (χ1) is 15.5. The third kappa shape index (κ3) is 6.02. The van der Waals surface area contributed by atoms with E-state index in [4.69, 9.17) is 20.1 Å². The zero-order valence-corrected chi connectivity index (χ0v) is 18.5. The van der Waals surface area contributed by atoms with Crippen LogP contribution in [-0.2, 0) is 16.0 Å². The monoisotopic (exact) mass is 435 g/mol. The average Bonchev–Trinajstić information content (AvgIpc) is 2.77. The first-order valence-corrected chi connectivity index (χ1v) is 10.9. The molecule has 1 saturated carbocycles. The van der Waals surface area contributed by atoms with Crippen molar-refractivity contribution in [1.29, 1.82) is 0 Å². The molecule has 0 aliphatic heterocycles. The van der Waals surface area contributed by atoms with Crippen LogP contribution in [0, 0.1) is 6.92 Å². The highest BCUT2D eigenvalue weighted by Crippen LogP contribution is 2.33. The maximum absolute atomic E-state index is 8.12. The molecule has 2 heterocycles. The number of benzene rings is 1. The van der Waals surface area contributed by atoms with E-state index >= 15 is 0 Å². The highest BCUT2D eigenvalue weighted by atomic mass is 16.5. The zero-order valence-electron chi connectivity index (χ0n) is 18.5. The molecule has 2 aromatic heterocycles. The van der Waals surface area contributed by atoms with Crippen molar-refractivity contribution in [3.05, 3.63) is 47.9 Å². The molecular weight excluding hydrogens is 406 g/mol. The van der Waals surface area contributed by atoms with E-state index in [2.05, 4.69) is 27.2 Å². The van der Waals surface area contributed by atoms with E-state index in [1.54, 1.807) is 0 Å². The molecule has 32 heavy (non-hydrogen) atoms. The number of aromatic nitrogens is 3. The van der Waals surface area contributed by atoms with Gasteiger partial charge in [0.05, 0.1) is 17.0 Å². The van der Waals surface area contributed by atoms with Crippen LogP contribution in [0.1, 0.15) is 50.3 Å². The number of pyridine rings is 1. The number of carbonyl (C=O) groups excluding carboxylic acids is 2. The molecule has 0 unspecified atom stereocenters. The number of hydrogen-bond acceptors (Lipinski definition) is 8. The van der Waals surface area contributed by atoms with E-state index in [-0.39, 0.29) is 12.3 Å². The maximum Gasteiger partial charge on any atom is 0.373 e. The summed E-state index contributed by atoms with van der Waals surface area (Å²) in [5.74, 6) is 1.55. The van der Waals surface area contributed by atoms with Crippen LogP contribution in [0.5, 0.6) is 5.75 Å². The molecule has 4 rings (SSSR count). The van der Waals surface area contributed by atoms with Crippen LogP contribution in [0.15, 0.2) is 36.7 Å². The maximum atomic E-state index is 8.12. The molecule has 0 radical (unpaired) electrons. The molecular formula is C24H29N5O3. The van der Waals surface area contributed by atoms with Gasteiger partial charge in [0, 0.05) is 29.8 Å². The fraction of sp³-hybridized carbons (Fsp3) is 0.417. The summed E-state index contributed by atoms with van der Waals surface area (Å²) in [5, 5.41) is 4.39. The molecule has 3 aromatic rings. The van der Waals surface area contributed by atoms with Gasteiger partial charge in [-0.05, 0) is 62.8 Å². The van der Waals surface area contributed by atoms with Gasteiger partial charge in [0.2, 0.25) is 5.95 Å². The molecule has 8 nitrogen and oxygen atoms in total. The first-order valence-electron chi connectivity index (χ1n) is 10.9. The molecule has 0 bridgehead atoms. The van der Waals surface area contributed by atoms with Gasteiger partial charge >= 0.3 is 6.15 Å². The van der Waals surface area contributed by atoms with E-state index in [1.165, 1.54) is 5.56 Å². The molecule has 168 valence electrons. The summed E-state index contributed by atoms with van der Waals surface area (Å²) >= 11 is 0. The number of nitrogen functional groups attached to an aromatic ring is 1. The summed E-state index contributed by atoms with van der Waals surface area (Å²) in [5.41, 5.74) is 9.98. The van der Waals surface area contributed by atoms with E-state index in [1.807, 2.05) is 43.6 Å². The first kappa shape index (κ1) is 23.2. The number of hydrogen-bond donors (Lipinski definition) is 2. The van der Waals surface area contributed by atoms with Crippen LogP contribution in [0.25, 0.3) is 10.9 Å². The smallest absolute Gasteiger partial charge is 0.373 e. The molecule has 0 saturated heterocycles. The van der Waals surface area contributed by atoms with Gasteiger partial charge in [0.1, 0.15) is 5.75 Å². The minimum absolute atomic E-state index is 0.187. The standard InChI is InChI=1S/C23H29N5O.CO2/c1-3-5-16-13-25-23(26-14-16)28-17-8-10-18(11-9-17)29-21-7-4-6-20-22(21)19(24)12-15(2)27-20;2-1-3/h4,6-7,12-14,17-18H,3,5,8-11H2,1-2H3,(H2,24,27)(H,25,26,28);. The lowest BCUT2D eigenvalue weighted by Crippen LogP contribution is -2.31. The SMILES string of the molecule is CCCc1cnc(NC2CCC(Oc3cccc4nc(C)cc(N)c34)CC2)nc1.O=C=O. The number of anilines is 2. The fourth-order valence-corrected chi connectivity index (χ4v) is 4.05. The molecule has 1 aliphatic rings. The molecule has 1 aromatic carbocycles. The van der Waals surface area contributed by atoms with Crippen molar-refractivity contribution >= 4 is 28.7 Å². The Hall–Kier alpha value is -3.51. The number of nitrogens with one attached hydrogen (secondary N) is 1. The Bertz CT molecular complexity index is 1060. The van der Waals surface area contributed by atoms with Crippen molar-refractivity contribution in [3.8, 4) is 5.75 Å². The number of aryl methyl sites for hydroxylation is 2. The molecule has 8 heteroatoms. The second-order valence-corrected chi connectivity index (χ2v) is 7.99. The summed E-state index contributed by atoms with van der Waals surface area (Å²) in [6.45, 7) is 4.12. The largest absolute Gasteiger partial charge is 0.490 e. The number of ether oxygens (including phenoxy) is 1. The van der Waals surface area contributed by atoms with Gasteiger partial charge in [-0.1, -0.05) is 19.4 Å². The fourth-order valence-electron chi connectivity index (χ4n) is 4.05. The van der Waals surface area contributed by atoms with Crippen molar-refractivity contribution in [2.24, 2.45) is 0 Å². The molecule has 0 amide bonds. The lowest BCUT2D eigenvalue weighted by molar-refractivity contribution is -0.191. The summed E-state index contributed by atoms with van der Waals surface area (Å²) in [7, 11) is 0. The van der Waals surface area contributed by atoms with E-state index in [0.717, 1.165) is 72.5 Å². The molecule has 3 N–H and O–H groups in total. The lowest BCUT2D eigenvalue weighted by Gasteiger charge is -2.30. The number of nitrogens with zero attached hydrogens (tertiary/aromatic N) is 3. The second-order valence-electron chi connectivity index (χ2n) is 7.99. The minimum atomic E-state index is 0.187. The Morgan fingerprint density at radius 2 is 1.84 bits per heavy atom. The van der Waals surface area contributed by atoms with Crippen LogP contribution in [0.4, 0.5) is 11.6 Å². The Morgan fingerprint density at radius 3 is 2.50 bits per heavy atom. The van der Waals surface area contributed by atoms with Gasteiger partial charge in [-0.15, -0.1) is 0 Å². The lowest BCUT2D eigenvalue weighted by atomic mass is 9.93. The Kier molecular flexibility index (Phi) is 8.11. The van der Waals surface area contributed by atoms with E-state index < -0.39 is 0 Å². The van der Waals surface area contributed by atoms with Gasteiger partial charge in [-0.3, -0.25) is 4.98 Å². The van der Waals surface area contributed by atoms with E-state index in [0.29, 0.717) is 6.04 Å². The van der Waals surface area contributed by atoms with Gasteiger partial charge in [-0.25, -0.2) is 9.97 Å². The molecule has 1 fully saturated rings. The molecule has 1 aliphatic carbocycles.